The minimum atomic E-state index is -4.39. The number of aromatic nitrogens is 1. The molecule has 2 heterocycles. The second-order valence-electron chi connectivity index (χ2n) is 7.93. The van der Waals surface area contributed by atoms with E-state index in [0.717, 1.165) is 41.8 Å². The molecule has 1 aromatic heterocycles. The van der Waals surface area contributed by atoms with Crippen LogP contribution < -0.4 is 4.74 Å². The number of alkyl halides is 3. The predicted molar refractivity (Wildman–Crippen MR) is 130 cm³/mol. The number of hydrogen-bond donors (Lipinski definition) is 0. The van der Waals surface area contributed by atoms with Gasteiger partial charge in [0, 0.05) is 31.0 Å². The van der Waals surface area contributed by atoms with E-state index in [9.17, 15) is 13.2 Å². The summed E-state index contributed by atoms with van der Waals surface area (Å²) in [4.78, 5) is 9.44. The van der Waals surface area contributed by atoms with Crippen LogP contribution in [0.1, 0.15) is 41.0 Å². The maximum atomic E-state index is 13.0. The molecule has 35 heavy (non-hydrogen) atoms. The van der Waals surface area contributed by atoms with Crippen molar-refractivity contribution in [1.82, 2.24) is 4.98 Å². The SMILES string of the molecule is CN=Cc1ccc(OCc2sc(-c3ccc(C(F)(F)F)cc3)nc2COC2CCCCO2)cc1Cl. The lowest BCUT2D eigenvalue weighted by Gasteiger charge is -2.22. The molecule has 0 aliphatic carbocycles. The van der Waals surface area contributed by atoms with Crippen molar-refractivity contribution in [3.8, 4) is 16.3 Å². The van der Waals surface area contributed by atoms with Gasteiger partial charge in [0.05, 0.1) is 27.8 Å². The Morgan fingerprint density at radius 3 is 2.63 bits per heavy atom. The van der Waals surface area contributed by atoms with Gasteiger partial charge in [0.2, 0.25) is 0 Å². The Bertz CT molecular complexity index is 1160. The van der Waals surface area contributed by atoms with E-state index in [-0.39, 0.29) is 19.5 Å². The van der Waals surface area contributed by atoms with E-state index in [4.69, 9.17) is 25.8 Å². The molecular weight excluding hydrogens is 501 g/mol. The highest BCUT2D eigenvalue weighted by atomic mass is 35.5. The highest BCUT2D eigenvalue weighted by Gasteiger charge is 2.30. The van der Waals surface area contributed by atoms with E-state index >= 15 is 0 Å². The molecule has 186 valence electrons. The Morgan fingerprint density at radius 2 is 1.97 bits per heavy atom. The van der Waals surface area contributed by atoms with Crippen LogP contribution in [0.5, 0.6) is 5.75 Å². The van der Waals surface area contributed by atoms with Crippen molar-refractivity contribution in [2.24, 2.45) is 4.99 Å². The van der Waals surface area contributed by atoms with Crippen LogP contribution in [0.15, 0.2) is 47.5 Å². The molecule has 0 N–H and O–H groups in total. The van der Waals surface area contributed by atoms with Crippen molar-refractivity contribution >= 4 is 29.2 Å². The molecule has 4 rings (SSSR count). The molecule has 1 unspecified atom stereocenters. The number of hydrogen-bond acceptors (Lipinski definition) is 6. The second-order valence-corrected chi connectivity index (χ2v) is 9.42. The predicted octanol–water partition coefficient (Wildman–Crippen LogP) is 7.15. The minimum absolute atomic E-state index is 0.208. The number of ether oxygens (including phenoxy) is 3. The highest BCUT2D eigenvalue weighted by molar-refractivity contribution is 7.15. The molecule has 2 aromatic carbocycles. The first-order chi connectivity index (χ1) is 16.8. The molecular formula is C25H24ClF3N2O3S. The van der Waals surface area contributed by atoms with Gasteiger partial charge < -0.3 is 14.2 Å². The summed E-state index contributed by atoms with van der Waals surface area (Å²) >= 11 is 7.65. The smallest absolute Gasteiger partial charge is 0.416 e. The van der Waals surface area contributed by atoms with Crippen LogP contribution in [0.25, 0.3) is 10.6 Å². The Kier molecular flexibility index (Phi) is 8.43. The number of halogens is 4. The summed E-state index contributed by atoms with van der Waals surface area (Å²) in [6.07, 6.45) is -0.158. The van der Waals surface area contributed by atoms with Gasteiger partial charge in [-0.25, -0.2) is 4.98 Å². The molecule has 0 spiro atoms. The number of rotatable bonds is 8. The normalized spacial score (nSPS) is 16.7. The Hall–Kier alpha value is -2.46. The molecule has 1 aliphatic rings. The lowest BCUT2D eigenvalue weighted by Crippen LogP contribution is -2.22. The first kappa shape index (κ1) is 25.6. The lowest BCUT2D eigenvalue weighted by atomic mass is 10.1. The van der Waals surface area contributed by atoms with Gasteiger partial charge in [-0.1, -0.05) is 23.7 Å². The van der Waals surface area contributed by atoms with E-state index in [2.05, 4.69) is 9.98 Å². The van der Waals surface area contributed by atoms with Crippen LogP contribution in [0.2, 0.25) is 5.02 Å². The fraction of sp³-hybridized carbons (Fsp3) is 0.360. The van der Waals surface area contributed by atoms with Gasteiger partial charge in [-0.2, -0.15) is 13.2 Å². The summed E-state index contributed by atoms with van der Waals surface area (Å²) in [5, 5.41) is 1.11. The van der Waals surface area contributed by atoms with Crippen LogP contribution in [-0.2, 0) is 28.9 Å². The quantitative estimate of drug-likeness (QED) is 0.293. The summed E-state index contributed by atoms with van der Waals surface area (Å²) in [6.45, 7) is 1.08. The van der Waals surface area contributed by atoms with Gasteiger partial charge in [0.1, 0.15) is 17.4 Å². The molecule has 1 fully saturated rings. The maximum absolute atomic E-state index is 13.0. The van der Waals surface area contributed by atoms with Crippen LogP contribution in [0, 0.1) is 0 Å². The Balaban J connectivity index is 1.53. The average Bonchev–Trinajstić information content (AvgIpc) is 3.26. The molecule has 1 saturated heterocycles. The van der Waals surface area contributed by atoms with Crippen LogP contribution >= 0.6 is 22.9 Å². The van der Waals surface area contributed by atoms with E-state index in [1.165, 1.54) is 23.5 Å². The number of aliphatic imine (C=N–C) groups is 1. The van der Waals surface area contributed by atoms with Crippen LogP contribution in [0.3, 0.4) is 0 Å². The molecule has 0 amide bonds. The third-order valence-corrected chi connectivity index (χ3v) is 6.84. The highest BCUT2D eigenvalue weighted by Crippen LogP contribution is 2.34. The van der Waals surface area contributed by atoms with E-state index < -0.39 is 11.7 Å². The summed E-state index contributed by atoms with van der Waals surface area (Å²) < 4.78 is 56.4. The first-order valence-corrected chi connectivity index (χ1v) is 12.3. The molecule has 0 radical (unpaired) electrons. The zero-order valence-corrected chi connectivity index (χ0v) is 20.6. The standard InChI is InChI=1S/C25H24ClF3N2O3S/c1-30-13-17-7-10-19(12-20(17)26)33-15-22-21(14-34-23-4-2-3-11-32-23)31-24(35-22)16-5-8-18(9-6-16)25(27,28)29/h5-10,12-13,23H,2-4,11,14-15H2,1H3. The third-order valence-electron chi connectivity index (χ3n) is 5.39. The topological polar surface area (TPSA) is 52.9 Å². The number of nitrogens with zero attached hydrogens (tertiary/aromatic N) is 2. The van der Waals surface area contributed by atoms with Crippen molar-refractivity contribution in [2.45, 2.75) is 44.9 Å². The maximum Gasteiger partial charge on any atom is 0.416 e. The van der Waals surface area contributed by atoms with E-state index in [1.54, 1.807) is 25.4 Å². The fourth-order valence-corrected chi connectivity index (χ4v) is 4.74. The average molecular weight is 525 g/mol. The summed E-state index contributed by atoms with van der Waals surface area (Å²) in [5.41, 5.74) is 1.34. The monoisotopic (exact) mass is 524 g/mol. The fourth-order valence-electron chi connectivity index (χ4n) is 3.54. The molecule has 1 atom stereocenters. The Labute approximate surface area is 210 Å². The zero-order chi connectivity index (χ0) is 24.8. The van der Waals surface area contributed by atoms with Gasteiger partial charge in [-0.05, 0) is 49.6 Å². The largest absolute Gasteiger partial charge is 0.488 e. The zero-order valence-electron chi connectivity index (χ0n) is 19.0. The van der Waals surface area contributed by atoms with Crippen molar-refractivity contribution < 1.29 is 27.4 Å². The van der Waals surface area contributed by atoms with Gasteiger partial charge in [-0.3, -0.25) is 4.99 Å². The van der Waals surface area contributed by atoms with Crippen molar-refractivity contribution in [2.75, 3.05) is 13.7 Å². The van der Waals surface area contributed by atoms with E-state index in [0.29, 0.717) is 33.6 Å². The Morgan fingerprint density at radius 1 is 1.17 bits per heavy atom. The molecule has 3 aromatic rings. The van der Waals surface area contributed by atoms with Crippen LogP contribution in [-0.4, -0.2) is 31.1 Å². The summed E-state index contributed by atoms with van der Waals surface area (Å²) in [6, 6.07) is 10.3. The van der Waals surface area contributed by atoms with Gasteiger partial charge in [0.25, 0.3) is 0 Å². The lowest BCUT2D eigenvalue weighted by molar-refractivity contribution is -0.169. The molecule has 0 bridgehead atoms. The number of benzene rings is 2. The van der Waals surface area contributed by atoms with Gasteiger partial charge in [-0.15, -0.1) is 11.3 Å². The molecule has 1 aliphatic heterocycles. The number of thiazole rings is 1. The van der Waals surface area contributed by atoms with Crippen molar-refractivity contribution in [3.05, 3.63) is 69.2 Å². The molecule has 10 heteroatoms. The third kappa shape index (κ3) is 6.82. The van der Waals surface area contributed by atoms with Crippen molar-refractivity contribution in [3.63, 3.8) is 0 Å². The van der Waals surface area contributed by atoms with Gasteiger partial charge in [0.15, 0.2) is 6.29 Å². The molecule has 0 saturated carbocycles. The summed E-state index contributed by atoms with van der Waals surface area (Å²) in [5.74, 6) is 0.579. The van der Waals surface area contributed by atoms with E-state index in [1.807, 2.05) is 6.07 Å². The first-order valence-electron chi connectivity index (χ1n) is 11.1. The second kappa shape index (κ2) is 11.5. The summed E-state index contributed by atoms with van der Waals surface area (Å²) in [7, 11) is 1.67. The van der Waals surface area contributed by atoms with Gasteiger partial charge >= 0.3 is 6.18 Å². The minimum Gasteiger partial charge on any atom is -0.488 e. The molecule has 5 nitrogen and oxygen atoms in total. The van der Waals surface area contributed by atoms with Crippen molar-refractivity contribution in [1.29, 1.82) is 0 Å². The van der Waals surface area contributed by atoms with Crippen LogP contribution in [0.4, 0.5) is 13.2 Å².